The molecule has 15 heavy (non-hydrogen) atoms. The first-order chi connectivity index (χ1) is 7.13. The first kappa shape index (κ1) is 12.8. The molecular weight excluding hydrogens is 212 g/mol. The molecule has 0 aliphatic heterocycles. The minimum absolute atomic E-state index is 0.208. The van der Waals surface area contributed by atoms with Gasteiger partial charge in [-0.3, -0.25) is 4.90 Å². The normalized spacial score (nSPS) is 19.7. The second-order valence-corrected chi connectivity index (χ2v) is 4.69. The number of rotatable bonds is 6. The second kappa shape index (κ2) is 6.37. The molecule has 0 bridgehead atoms. The fourth-order valence-electron chi connectivity index (χ4n) is 2.14. The number of nitrogens with two attached hydrogens (primary N) is 1. The zero-order chi connectivity index (χ0) is 11.3. The quantitative estimate of drug-likeness (QED) is 0.557. The number of hydrogen-bond acceptors (Lipinski definition) is 4. The van der Waals surface area contributed by atoms with Crippen molar-refractivity contribution in [1.29, 1.82) is 0 Å². The monoisotopic (exact) mass is 232 g/mol. The van der Waals surface area contributed by atoms with E-state index in [9.17, 15) is 5.11 Å². The molecule has 1 saturated carbocycles. The van der Waals surface area contributed by atoms with Crippen LogP contribution in [0.25, 0.3) is 0 Å². The lowest BCUT2D eigenvalue weighted by molar-refractivity contribution is 0.0513. The Kier molecular flexibility index (Phi) is 5.45. The molecule has 0 aromatic carbocycles. The standard InChI is InChI=1S/C10H20N2O2S/c11-10(15)6-12(5-9(14)7-13)8-3-1-2-4-8/h8-9,13-14H,1-7H2,(H2,11,15). The summed E-state index contributed by atoms with van der Waals surface area (Å²) in [4.78, 5) is 2.54. The minimum atomic E-state index is -0.694. The Morgan fingerprint density at radius 3 is 2.53 bits per heavy atom. The van der Waals surface area contributed by atoms with Crippen LogP contribution in [0.2, 0.25) is 0 Å². The summed E-state index contributed by atoms with van der Waals surface area (Å²) in [6.07, 6.45) is 4.04. The minimum Gasteiger partial charge on any atom is -0.394 e. The van der Waals surface area contributed by atoms with E-state index in [1.165, 1.54) is 12.8 Å². The SMILES string of the molecule is NC(=S)CN(CC(O)CO)C1CCCC1. The van der Waals surface area contributed by atoms with Gasteiger partial charge in [0.1, 0.15) is 0 Å². The highest BCUT2D eigenvalue weighted by molar-refractivity contribution is 7.80. The van der Waals surface area contributed by atoms with E-state index in [1.807, 2.05) is 0 Å². The van der Waals surface area contributed by atoms with Crippen LogP contribution in [-0.2, 0) is 0 Å². The van der Waals surface area contributed by atoms with E-state index in [0.29, 0.717) is 24.1 Å². The molecule has 5 heteroatoms. The van der Waals surface area contributed by atoms with Crippen LogP contribution >= 0.6 is 12.2 Å². The van der Waals surface area contributed by atoms with Crippen molar-refractivity contribution in [2.24, 2.45) is 5.73 Å². The van der Waals surface area contributed by atoms with Gasteiger partial charge in [0.25, 0.3) is 0 Å². The molecule has 1 atom stereocenters. The van der Waals surface area contributed by atoms with Crippen LogP contribution in [0.5, 0.6) is 0 Å². The van der Waals surface area contributed by atoms with Crippen molar-refractivity contribution in [3.63, 3.8) is 0 Å². The average molecular weight is 232 g/mol. The molecule has 1 unspecified atom stereocenters. The molecule has 1 aliphatic carbocycles. The van der Waals surface area contributed by atoms with E-state index in [2.05, 4.69) is 4.90 Å². The van der Waals surface area contributed by atoms with Gasteiger partial charge in [0.2, 0.25) is 0 Å². The lowest BCUT2D eigenvalue weighted by atomic mass is 10.2. The van der Waals surface area contributed by atoms with Crippen molar-refractivity contribution in [1.82, 2.24) is 4.90 Å². The van der Waals surface area contributed by atoms with Gasteiger partial charge in [-0.25, -0.2) is 0 Å². The summed E-state index contributed by atoms with van der Waals surface area (Å²) in [6, 6.07) is 0.465. The third-order valence-corrected chi connectivity index (χ3v) is 2.99. The van der Waals surface area contributed by atoms with Gasteiger partial charge in [-0.05, 0) is 12.8 Å². The van der Waals surface area contributed by atoms with Gasteiger partial charge in [0.15, 0.2) is 0 Å². The predicted molar refractivity (Wildman–Crippen MR) is 63.7 cm³/mol. The highest BCUT2D eigenvalue weighted by Crippen LogP contribution is 2.23. The molecule has 4 N–H and O–H groups in total. The van der Waals surface area contributed by atoms with Crippen LogP contribution in [0.4, 0.5) is 0 Å². The van der Waals surface area contributed by atoms with E-state index in [1.54, 1.807) is 0 Å². The number of aliphatic hydroxyl groups is 2. The number of nitrogens with zero attached hydrogens (tertiary/aromatic N) is 1. The molecule has 0 amide bonds. The Hall–Kier alpha value is -0.230. The maximum atomic E-state index is 9.43. The van der Waals surface area contributed by atoms with Gasteiger partial charge in [0, 0.05) is 19.1 Å². The molecular formula is C10H20N2O2S. The average Bonchev–Trinajstić information content (AvgIpc) is 2.68. The molecule has 4 nitrogen and oxygen atoms in total. The largest absolute Gasteiger partial charge is 0.394 e. The maximum absolute atomic E-state index is 9.43. The highest BCUT2D eigenvalue weighted by atomic mass is 32.1. The zero-order valence-electron chi connectivity index (χ0n) is 8.93. The molecule has 0 aromatic heterocycles. The van der Waals surface area contributed by atoms with Gasteiger partial charge in [-0.15, -0.1) is 0 Å². The number of thiocarbonyl (C=S) groups is 1. The fraction of sp³-hybridized carbons (Fsp3) is 0.900. The van der Waals surface area contributed by atoms with Crippen molar-refractivity contribution in [3.05, 3.63) is 0 Å². The molecule has 1 aliphatic rings. The smallest absolute Gasteiger partial charge is 0.0897 e. The van der Waals surface area contributed by atoms with Crippen LogP contribution in [0, 0.1) is 0 Å². The summed E-state index contributed by atoms with van der Waals surface area (Å²) in [5, 5.41) is 18.2. The van der Waals surface area contributed by atoms with Crippen LogP contribution in [0.3, 0.4) is 0 Å². The summed E-state index contributed by atoms with van der Waals surface area (Å²) in [7, 11) is 0. The van der Waals surface area contributed by atoms with Gasteiger partial charge >= 0.3 is 0 Å². The Bertz CT molecular complexity index is 208. The molecule has 1 rings (SSSR count). The number of aliphatic hydroxyl groups excluding tert-OH is 2. The van der Waals surface area contributed by atoms with E-state index in [0.717, 1.165) is 12.8 Å². The summed E-state index contributed by atoms with van der Waals surface area (Å²) >= 11 is 4.89. The van der Waals surface area contributed by atoms with Crippen LogP contribution in [0.15, 0.2) is 0 Å². The van der Waals surface area contributed by atoms with Gasteiger partial charge in [-0.1, -0.05) is 25.1 Å². The van der Waals surface area contributed by atoms with Gasteiger partial charge in [-0.2, -0.15) is 0 Å². The Balaban J connectivity index is 2.47. The number of hydrogen-bond donors (Lipinski definition) is 3. The summed E-state index contributed by atoms with van der Waals surface area (Å²) in [5.41, 5.74) is 5.52. The molecule has 0 spiro atoms. The van der Waals surface area contributed by atoms with E-state index >= 15 is 0 Å². The van der Waals surface area contributed by atoms with E-state index in [-0.39, 0.29) is 6.61 Å². The molecule has 0 aromatic rings. The highest BCUT2D eigenvalue weighted by Gasteiger charge is 2.24. The van der Waals surface area contributed by atoms with Crippen molar-refractivity contribution >= 4 is 17.2 Å². The summed E-state index contributed by atoms with van der Waals surface area (Å²) in [6.45, 7) is 0.788. The van der Waals surface area contributed by atoms with E-state index < -0.39 is 6.10 Å². The molecule has 0 heterocycles. The Morgan fingerprint density at radius 1 is 1.47 bits per heavy atom. The maximum Gasteiger partial charge on any atom is 0.0897 e. The van der Waals surface area contributed by atoms with Crippen molar-refractivity contribution < 1.29 is 10.2 Å². The third-order valence-electron chi connectivity index (χ3n) is 2.86. The fourth-order valence-corrected chi connectivity index (χ4v) is 2.31. The topological polar surface area (TPSA) is 69.7 Å². The van der Waals surface area contributed by atoms with Crippen molar-refractivity contribution in [2.45, 2.75) is 37.8 Å². The molecule has 1 fully saturated rings. The third kappa shape index (κ3) is 4.42. The summed E-state index contributed by atoms with van der Waals surface area (Å²) in [5.74, 6) is 0. The zero-order valence-corrected chi connectivity index (χ0v) is 9.75. The van der Waals surface area contributed by atoms with Gasteiger partial charge < -0.3 is 15.9 Å². The van der Waals surface area contributed by atoms with Gasteiger partial charge in [0.05, 0.1) is 17.7 Å². The molecule has 0 saturated heterocycles. The summed E-state index contributed by atoms with van der Waals surface area (Å²) < 4.78 is 0. The first-order valence-corrected chi connectivity index (χ1v) is 5.85. The van der Waals surface area contributed by atoms with Crippen LogP contribution in [-0.4, -0.2) is 51.9 Å². The van der Waals surface area contributed by atoms with Crippen LogP contribution in [0.1, 0.15) is 25.7 Å². The predicted octanol–water partition coefficient (Wildman–Crippen LogP) is -0.130. The first-order valence-electron chi connectivity index (χ1n) is 5.44. The molecule has 88 valence electrons. The second-order valence-electron chi connectivity index (χ2n) is 4.17. The van der Waals surface area contributed by atoms with E-state index in [4.69, 9.17) is 23.1 Å². The van der Waals surface area contributed by atoms with Crippen molar-refractivity contribution in [2.75, 3.05) is 19.7 Å². The Labute approximate surface area is 96.1 Å². The lowest BCUT2D eigenvalue weighted by Crippen LogP contribution is -2.44. The molecule has 0 radical (unpaired) electrons. The lowest BCUT2D eigenvalue weighted by Gasteiger charge is -2.29. The van der Waals surface area contributed by atoms with Crippen LogP contribution < -0.4 is 5.73 Å². The van der Waals surface area contributed by atoms with Crippen molar-refractivity contribution in [3.8, 4) is 0 Å². The Morgan fingerprint density at radius 2 is 2.07 bits per heavy atom.